The Bertz CT molecular complexity index is 896. The standard InChI is InChI=1S/C17H22N4O3S/c1-11(2)16-18-14-6-4-3-5-13(14)17(19-16)21-20-15(22)9-12-7-8-25(23,24)10-12/h3-6,11-12H,7-10H2,1-2H3,(H,20,22)(H,18,19,21). The summed E-state index contributed by atoms with van der Waals surface area (Å²) in [5, 5.41) is 0.815. The van der Waals surface area contributed by atoms with Gasteiger partial charge in [0.2, 0.25) is 5.91 Å². The molecule has 0 bridgehead atoms. The molecule has 1 saturated heterocycles. The molecule has 8 heteroatoms. The van der Waals surface area contributed by atoms with Gasteiger partial charge < -0.3 is 0 Å². The van der Waals surface area contributed by atoms with Crippen LogP contribution in [0.25, 0.3) is 10.9 Å². The fourth-order valence-corrected chi connectivity index (χ4v) is 4.79. The molecule has 0 spiro atoms. The minimum Gasteiger partial charge on any atom is -0.281 e. The summed E-state index contributed by atoms with van der Waals surface area (Å²) in [6.07, 6.45) is 0.732. The Morgan fingerprint density at radius 3 is 2.72 bits per heavy atom. The molecule has 2 aromatic rings. The molecule has 1 amide bonds. The molecule has 0 saturated carbocycles. The van der Waals surface area contributed by atoms with E-state index in [0.717, 1.165) is 10.9 Å². The van der Waals surface area contributed by atoms with Crippen LogP contribution in [0.15, 0.2) is 24.3 Å². The topological polar surface area (TPSA) is 101 Å². The van der Waals surface area contributed by atoms with Crippen molar-refractivity contribution in [2.45, 2.75) is 32.6 Å². The number of benzene rings is 1. The summed E-state index contributed by atoms with van der Waals surface area (Å²) in [6, 6.07) is 7.58. The Labute approximate surface area is 147 Å². The maximum absolute atomic E-state index is 12.1. The van der Waals surface area contributed by atoms with Gasteiger partial charge in [-0.05, 0) is 24.5 Å². The number of rotatable bonds is 5. The molecule has 1 fully saturated rings. The zero-order valence-corrected chi connectivity index (χ0v) is 15.1. The second kappa shape index (κ2) is 6.95. The van der Waals surface area contributed by atoms with Gasteiger partial charge in [0.1, 0.15) is 5.82 Å². The maximum atomic E-state index is 12.1. The molecule has 7 nitrogen and oxygen atoms in total. The Hall–Kier alpha value is -2.22. The van der Waals surface area contributed by atoms with E-state index in [1.807, 2.05) is 38.1 Å². The second-order valence-corrected chi connectivity index (χ2v) is 8.98. The SMILES string of the molecule is CC(C)c1nc(NNC(=O)CC2CCS(=O)(=O)C2)c2ccccc2n1. The van der Waals surface area contributed by atoms with Crippen LogP contribution in [0.3, 0.4) is 0 Å². The fraction of sp³-hybridized carbons (Fsp3) is 0.471. The highest BCUT2D eigenvalue weighted by molar-refractivity contribution is 7.91. The molecule has 1 unspecified atom stereocenters. The van der Waals surface area contributed by atoms with Crippen molar-refractivity contribution in [3.63, 3.8) is 0 Å². The third-order valence-corrected chi connectivity index (χ3v) is 6.10. The molecule has 1 aromatic heterocycles. The van der Waals surface area contributed by atoms with Gasteiger partial charge in [0.05, 0.1) is 17.0 Å². The molecule has 2 N–H and O–H groups in total. The summed E-state index contributed by atoms with van der Waals surface area (Å²) in [5.41, 5.74) is 6.32. The minimum atomic E-state index is -2.97. The summed E-state index contributed by atoms with van der Waals surface area (Å²) < 4.78 is 23.0. The molecule has 1 aromatic carbocycles. The average molecular weight is 362 g/mol. The van der Waals surface area contributed by atoms with Crippen molar-refractivity contribution in [3.8, 4) is 0 Å². The Morgan fingerprint density at radius 1 is 1.28 bits per heavy atom. The van der Waals surface area contributed by atoms with Crippen LogP contribution in [0, 0.1) is 5.92 Å². The van der Waals surface area contributed by atoms with Gasteiger partial charge in [-0.1, -0.05) is 26.0 Å². The number of hydrogen-bond donors (Lipinski definition) is 2. The number of carbonyl (C=O) groups excluding carboxylic acids is 1. The first kappa shape index (κ1) is 17.6. The number of sulfone groups is 1. The third-order valence-electron chi connectivity index (χ3n) is 4.26. The number of aromatic nitrogens is 2. The summed E-state index contributed by atoms with van der Waals surface area (Å²) in [4.78, 5) is 21.2. The number of amides is 1. The average Bonchev–Trinajstić information content (AvgIpc) is 2.90. The first-order valence-electron chi connectivity index (χ1n) is 8.36. The van der Waals surface area contributed by atoms with Crippen LogP contribution in [-0.4, -0.2) is 35.8 Å². The van der Waals surface area contributed by atoms with E-state index in [1.54, 1.807) is 0 Å². The number of fused-ring (bicyclic) bond motifs is 1. The maximum Gasteiger partial charge on any atom is 0.238 e. The molecule has 0 radical (unpaired) electrons. The van der Waals surface area contributed by atoms with Crippen molar-refractivity contribution in [1.82, 2.24) is 15.4 Å². The van der Waals surface area contributed by atoms with Crippen molar-refractivity contribution in [3.05, 3.63) is 30.1 Å². The quantitative estimate of drug-likeness (QED) is 0.789. The van der Waals surface area contributed by atoms with E-state index >= 15 is 0 Å². The number of hydrogen-bond acceptors (Lipinski definition) is 6. The number of para-hydroxylation sites is 1. The van der Waals surface area contributed by atoms with Gasteiger partial charge in [-0.15, -0.1) is 0 Å². The van der Waals surface area contributed by atoms with Crippen LogP contribution in [0.1, 0.15) is 38.4 Å². The van der Waals surface area contributed by atoms with E-state index in [0.29, 0.717) is 18.1 Å². The molecule has 134 valence electrons. The first-order valence-corrected chi connectivity index (χ1v) is 10.2. The summed E-state index contributed by atoms with van der Waals surface area (Å²) in [6.45, 7) is 4.01. The van der Waals surface area contributed by atoms with Gasteiger partial charge in [-0.25, -0.2) is 18.4 Å². The zero-order chi connectivity index (χ0) is 18.0. The van der Waals surface area contributed by atoms with E-state index in [4.69, 9.17) is 0 Å². The molecule has 0 aliphatic carbocycles. The lowest BCUT2D eigenvalue weighted by atomic mass is 10.1. The second-order valence-electron chi connectivity index (χ2n) is 6.75. The fourth-order valence-electron chi connectivity index (χ4n) is 2.92. The molecule has 3 rings (SSSR count). The van der Waals surface area contributed by atoms with Crippen molar-refractivity contribution in [2.24, 2.45) is 5.92 Å². The number of carbonyl (C=O) groups is 1. The van der Waals surface area contributed by atoms with Crippen LogP contribution < -0.4 is 10.9 Å². The normalized spacial score (nSPS) is 19.2. The van der Waals surface area contributed by atoms with E-state index in [2.05, 4.69) is 20.8 Å². The van der Waals surface area contributed by atoms with Crippen molar-refractivity contribution in [2.75, 3.05) is 16.9 Å². The highest BCUT2D eigenvalue weighted by atomic mass is 32.2. The minimum absolute atomic E-state index is 0.0916. The Kier molecular flexibility index (Phi) is 4.89. The number of nitrogens with zero attached hydrogens (tertiary/aromatic N) is 2. The lowest BCUT2D eigenvalue weighted by Gasteiger charge is -2.14. The van der Waals surface area contributed by atoms with Crippen molar-refractivity contribution >= 4 is 32.5 Å². The van der Waals surface area contributed by atoms with Crippen LogP contribution in [-0.2, 0) is 14.6 Å². The van der Waals surface area contributed by atoms with Gasteiger partial charge in [0, 0.05) is 17.7 Å². The van der Waals surface area contributed by atoms with Gasteiger partial charge in [0.15, 0.2) is 15.7 Å². The molecule has 1 aliphatic heterocycles. The predicted molar refractivity (Wildman–Crippen MR) is 96.8 cm³/mol. The summed E-state index contributed by atoms with van der Waals surface area (Å²) >= 11 is 0. The highest BCUT2D eigenvalue weighted by Crippen LogP contribution is 2.23. The van der Waals surface area contributed by atoms with E-state index in [1.165, 1.54) is 0 Å². The van der Waals surface area contributed by atoms with E-state index in [-0.39, 0.29) is 35.7 Å². The largest absolute Gasteiger partial charge is 0.281 e. The van der Waals surface area contributed by atoms with Gasteiger partial charge in [-0.2, -0.15) is 0 Å². The first-order chi connectivity index (χ1) is 11.8. The highest BCUT2D eigenvalue weighted by Gasteiger charge is 2.29. The lowest BCUT2D eigenvalue weighted by molar-refractivity contribution is -0.121. The molecular weight excluding hydrogens is 340 g/mol. The molecular formula is C17H22N4O3S. The Morgan fingerprint density at radius 2 is 2.04 bits per heavy atom. The van der Waals surface area contributed by atoms with Gasteiger partial charge in [0.25, 0.3) is 0 Å². The summed E-state index contributed by atoms with van der Waals surface area (Å²) in [5.74, 6) is 1.31. The lowest BCUT2D eigenvalue weighted by Crippen LogP contribution is -2.31. The van der Waals surface area contributed by atoms with Crippen molar-refractivity contribution < 1.29 is 13.2 Å². The van der Waals surface area contributed by atoms with Crippen LogP contribution in [0.4, 0.5) is 5.82 Å². The molecule has 1 atom stereocenters. The molecule has 1 aliphatic rings. The van der Waals surface area contributed by atoms with E-state index < -0.39 is 9.84 Å². The van der Waals surface area contributed by atoms with Crippen LogP contribution in [0.2, 0.25) is 0 Å². The van der Waals surface area contributed by atoms with Gasteiger partial charge >= 0.3 is 0 Å². The van der Waals surface area contributed by atoms with Gasteiger partial charge in [-0.3, -0.25) is 15.6 Å². The smallest absolute Gasteiger partial charge is 0.238 e. The van der Waals surface area contributed by atoms with Crippen molar-refractivity contribution in [1.29, 1.82) is 0 Å². The Balaban J connectivity index is 1.71. The number of nitrogens with one attached hydrogen (secondary N) is 2. The molecule has 2 heterocycles. The van der Waals surface area contributed by atoms with Crippen LogP contribution >= 0.6 is 0 Å². The third kappa shape index (κ3) is 4.25. The predicted octanol–water partition coefficient (Wildman–Crippen LogP) is 2.02. The number of anilines is 1. The molecule has 25 heavy (non-hydrogen) atoms. The van der Waals surface area contributed by atoms with Crippen LogP contribution in [0.5, 0.6) is 0 Å². The zero-order valence-electron chi connectivity index (χ0n) is 14.3. The monoisotopic (exact) mass is 362 g/mol. The van der Waals surface area contributed by atoms with E-state index in [9.17, 15) is 13.2 Å². The summed E-state index contributed by atoms with van der Waals surface area (Å²) in [7, 11) is -2.97. The number of hydrazine groups is 1.